The summed E-state index contributed by atoms with van der Waals surface area (Å²) in [5.74, 6) is 0.251. The lowest BCUT2D eigenvalue weighted by molar-refractivity contribution is 0.0896. The Kier molecular flexibility index (Phi) is 3.17. The molecule has 0 saturated heterocycles. The number of aromatic hydroxyl groups is 2. The zero-order valence-electron chi connectivity index (χ0n) is 11.4. The summed E-state index contributed by atoms with van der Waals surface area (Å²) < 4.78 is 10.6. The maximum atomic E-state index is 12.5. The third-order valence-electron chi connectivity index (χ3n) is 3.56. The SMILES string of the molecule is COc1cc([C@H]2COc3cc(O)ccc3C2=O)ccc1O. The van der Waals surface area contributed by atoms with Crippen molar-refractivity contribution in [3.8, 4) is 23.0 Å². The Morgan fingerprint density at radius 1 is 1.19 bits per heavy atom. The van der Waals surface area contributed by atoms with Gasteiger partial charge in [-0.1, -0.05) is 6.07 Å². The number of rotatable bonds is 2. The minimum absolute atomic E-state index is 0.0238. The highest BCUT2D eigenvalue weighted by molar-refractivity contribution is 6.04. The Morgan fingerprint density at radius 3 is 2.76 bits per heavy atom. The fraction of sp³-hybridized carbons (Fsp3) is 0.188. The van der Waals surface area contributed by atoms with Crippen molar-refractivity contribution in [2.24, 2.45) is 0 Å². The topological polar surface area (TPSA) is 76.0 Å². The van der Waals surface area contributed by atoms with E-state index >= 15 is 0 Å². The highest BCUT2D eigenvalue weighted by atomic mass is 16.5. The van der Waals surface area contributed by atoms with Gasteiger partial charge in [0, 0.05) is 6.07 Å². The third-order valence-corrected chi connectivity index (χ3v) is 3.56. The van der Waals surface area contributed by atoms with Crippen LogP contribution in [0, 0.1) is 0 Å². The molecule has 5 heteroatoms. The molecule has 21 heavy (non-hydrogen) atoms. The first-order chi connectivity index (χ1) is 10.1. The van der Waals surface area contributed by atoms with E-state index in [1.165, 1.54) is 25.3 Å². The number of methoxy groups -OCH3 is 1. The lowest BCUT2D eigenvalue weighted by Crippen LogP contribution is -2.25. The van der Waals surface area contributed by atoms with Crippen LogP contribution in [0.3, 0.4) is 0 Å². The van der Waals surface area contributed by atoms with Gasteiger partial charge in [-0.15, -0.1) is 0 Å². The van der Waals surface area contributed by atoms with Gasteiger partial charge in [0.15, 0.2) is 17.3 Å². The molecule has 0 radical (unpaired) electrons. The third kappa shape index (κ3) is 2.27. The summed E-state index contributed by atoms with van der Waals surface area (Å²) in [6.07, 6.45) is 0. The summed E-state index contributed by atoms with van der Waals surface area (Å²) >= 11 is 0. The van der Waals surface area contributed by atoms with Crippen LogP contribution >= 0.6 is 0 Å². The Balaban J connectivity index is 1.98. The summed E-state index contributed by atoms with van der Waals surface area (Å²) in [5.41, 5.74) is 1.16. The van der Waals surface area contributed by atoms with Crippen molar-refractivity contribution >= 4 is 5.78 Å². The van der Waals surface area contributed by atoms with Crippen LogP contribution in [0.5, 0.6) is 23.0 Å². The van der Waals surface area contributed by atoms with Gasteiger partial charge in [0.2, 0.25) is 0 Å². The van der Waals surface area contributed by atoms with E-state index in [1.54, 1.807) is 18.2 Å². The summed E-state index contributed by atoms with van der Waals surface area (Å²) in [7, 11) is 1.45. The molecular weight excluding hydrogens is 272 g/mol. The fourth-order valence-electron chi connectivity index (χ4n) is 2.43. The maximum absolute atomic E-state index is 12.5. The van der Waals surface area contributed by atoms with Gasteiger partial charge >= 0.3 is 0 Å². The van der Waals surface area contributed by atoms with Crippen molar-refractivity contribution in [1.82, 2.24) is 0 Å². The lowest BCUT2D eigenvalue weighted by Gasteiger charge is -2.24. The first kappa shape index (κ1) is 13.3. The summed E-state index contributed by atoms with van der Waals surface area (Å²) in [6, 6.07) is 9.24. The molecule has 1 aliphatic heterocycles. The molecule has 2 aromatic rings. The van der Waals surface area contributed by atoms with Gasteiger partial charge in [0.25, 0.3) is 0 Å². The van der Waals surface area contributed by atoms with E-state index in [1.807, 2.05) is 0 Å². The number of hydrogen-bond acceptors (Lipinski definition) is 5. The second-order valence-corrected chi connectivity index (χ2v) is 4.84. The molecule has 0 spiro atoms. The number of fused-ring (bicyclic) bond motifs is 1. The number of phenolic OH excluding ortho intramolecular Hbond substituents is 2. The van der Waals surface area contributed by atoms with Crippen molar-refractivity contribution < 1.29 is 24.5 Å². The Labute approximate surface area is 121 Å². The second-order valence-electron chi connectivity index (χ2n) is 4.84. The molecule has 0 amide bonds. The van der Waals surface area contributed by atoms with Gasteiger partial charge in [-0.3, -0.25) is 4.79 Å². The van der Waals surface area contributed by atoms with Gasteiger partial charge in [-0.2, -0.15) is 0 Å². The van der Waals surface area contributed by atoms with Crippen LogP contribution in [-0.4, -0.2) is 29.7 Å². The lowest BCUT2D eigenvalue weighted by atomic mass is 9.89. The molecule has 1 aliphatic rings. The minimum atomic E-state index is -0.462. The number of ether oxygens (including phenoxy) is 2. The van der Waals surface area contributed by atoms with E-state index in [0.29, 0.717) is 22.6 Å². The summed E-state index contributed by atoms with van der Waals surface area (Å²) in [6.45, 7) is 0.184. The molecule has 0 aromatic heterocycles. The number of carbonyl (C=O) groups excluding carboxylic acids is 1. The molecule has 1 atom stereocenters. The summed E-state index contributed by atoms with van der Waals surface area (Å²) in [4.78, 5) is 12.5. The second kappa shape index (κ2) is 5.01. The van der Waals surface area contributed by atoms with Crippen LogP contribution in [0.2, 0.25) is 0 Å². The molecule has 0 unspecified atom stereocenters. The maximum Gasteiger partial charge on any atom is 0.177 e. The van der Waals surface area contributed by atoms with E-state index in [0.717, 1.165) is 0 Å². The smallest absolute Gasteiger partial charge is 0.177 e. The molecule has 108 valence electrons. The van der Waals surface area contributed by atoms with Gasteiger partial charge in [-0.05, 0) is 29.8 Å². The van der Waals surface area contributed by atoms with E-state index in [2.05, 4.69) is 0 Å². The average Bonchev–Trinajstić information content (AvgIpc) is 2.48. The van der Waals surface area contributed by atoms with Crippen LogP contribution in [0.4, 0.5) is 0 Å². The summed E-state index contributed by atoms with van der Waals surface area (Å²) in [5, 5.41) is 19.0. The van der Waals surface area contributed by atoms with Crippen LogP contribution in [0.15, 0.2) is 36.4 Å². The van der Waals surface area contributed by atoms with Crippen molar-refractivity contribution in [1.29, 1.82) is 0 Å². The van der Waals surface area contributed by atoms with Crippen molar-refractivity contribution in [2.75, 3.05) is 13.7 Å². The van der Waals surface area contributed by atoms with Crippen molar-refractivity contribution in [3.05, 3.63) is 47.5 Å². The fourth-order valence-corrected chi connectivity index (χ4v) is 2.43. The molecule has 2 N–H and O–H groups in total. The van der Waals surface area contributed by atoms with E-state index in [4.69, 9.17) is 9.47 Å². The average molecular weight is 286 g/mol. The first-order valence-corrected chi connectivity index (χ1v) is 6.47. The molecule has 0 bridgehead atoms. The predicted molar refractivity (Wildman–Crippen MR) is 75.3 cm³/mol. The molecule has 1 heterocycles. The monoisotopic (exact) mass is 286 g/mol. The number of phenols is 2. The van der Waals surface area contributed by atoms with Gasteiger partial charge in [0.1, 0.15) is 18.1 Å². The van der Waals surface area contributed by atoms with Crippen LogP contribution in [0.25, 0.3) is 0 Å². The normalized spacial score (nSPS) is 17.0. The van der Waals surface area contributed by atoms with E-state index in [-0.39, 0.29) is 23.9 Å². The molecule has 0 aliphatic carbocycles. The van der Waals surface area contributed by atoms with Gasteiger partial charge in [0.05, 0.1) is 18.6 Å². The zero-order chi connectivity index (χ0) is 15.0. The zero-order valence-corrected chi connectivity index (χ0v) is 11.4. The van der Waals surface area contributed by atoms with Crippen LogP contribution in [-0.2, 0) is 0 Å². The molecular formula is C16H14O5. The van der Waals surface area contributed by atoms with Crippen LogP contribution < -0.4 is 9.47 Å². The molecule has 0 fully saturated rings. The first-order valence-electron chi connectivity index (χ1n) is 6.47. The Hall–Kier alpha value is -2.69. The molecule has 3 rings (SSSR count). The quantitative estimate of drug-likeness (QED) is 0.887. The van der Waals surface area contributed by atoms with Crippen LogP contribution in [0.1, 0.15) is 21.8 Å². The predicted octanol–water partition coefficient (Wildman–Crippen LogP) is 2.47. The van der Waals surface area contributed by atoms with E-state index in [9.17, 15) is 15.0 Å². The number of hydrogen-bond donors (Lipinski definition) is 2. The van der Waals surface area contributed by atoms with Gasteiger partial charge in [-0.25, -0.2) is 0 Å². The number of ketones is 1. The highest BCUT2D eigenvalue weighted by Crippen LogP contribution is 2.37. The number of Topliss-reactive ketones (excluding diaryl/α,β-unsaturated/α-hetero) is 1. The molecule has 5 nitrogen and oxygen atoms in total. The van der Waals surface area contributed by atoms with Crippen molar-refractivity contribution in [3.63, 3.8) is 0 Å². The standard InChI is InChI=1S/C16H14O5/c1-20-15-6-9(2-5-13(15)18)12-8-21-14-7-10(17)3-4-11(14)16(12)19/h2-7,12,17-18H,8H2,1H3/t12-/m1/s1. The minimum Gasteiger partial charge on any atom is -0.508 e. The molecule has 2 aromatic carbocycles. The highest BCUT2D eigenvalue weighted by Gasteiger charge is 2.30. The Bertz CT molecular complexity index is 708. The molecule has 0 saturated carbocycles. The number of benzene rings is 2. The van der Waals surface area contributed by atoms with Crippen molar-refractivity contribution in [2.45, 2.75) is 5.92 Å². The number of carbonyl (C=O) groups is 1. The van der Waals surface area contributed by atoms with E-state index < -0.39 is 5.92 Å². The Morgan fingerprint density at radius 2 is 2.00 bits per heavy atom. The largest absolute Gasteiger partial charge is 0.508 e. The van der Waals surface area contributed by atoms with Gasteiger partial charge < -0.3 is 19.7 Å².